The summed E-state index contributed by atoms with van der Waals surface area (Å²) in [7, 11) is 2.10. The molecule has 1 aromatic carbocycles. The van der Waals surface area contributed by atoms with Crippen molar-refractivity contribution in [1.82, 2.24) is 25.5 Å². The molecule has 9 nitrogen and oxygen atoms in total. The van der Waals surface area contributed by atoms with Gasteiger partial charge in [-0.15, -0.1) is 0 Å². The molecule has 2 aromatic rings. The number of hydrogen-bond donors (Lipinski definition) is 4. The molecule has 1 aromatic heterocycles. The monoisotopic (exact) mass is 561 g/mol. The van der Waals surface area contributed by atoms with Crippen LogP contribution in [0.1, 0.15) is 68.3 Å². The van der Waals surface area contributed by atoms with E-state index in [1.807, 2.05) is 13.8 Å². The highest BCUT2D eigenvalue weighted by Gasteiger charge is 2.39. The zero-order valence-electron chi connectivity index (χ0n) is 23.1. The van der Waals surface area contributed by atoms with Gasteiger partial charge in [-0.1, -0.05) is 6.42 Å². The number of rotatable bonds is 10. The Balaban J connectivity index is 1.41. The molecule has 4 N–H and O–H groups in total. The summed E-state index contributed by atoms with van der Waals surface area (Å²) < 4.78 is 41.3. The zero-order chi connectivity index (χ0) is 28.9. The third-order valence-corrected chi connectivity index (χ3v) is 7.54. The first kappa shape index (κ1) is 29.6. The van der Waals surface area contributed by atoms with E-state index in [2.05, 4.69) is 43.2 Å². The van der Waals surface area contributed by atoms with Gasteiger partial charge in [0.2, 0.25) is 11.9 Å². The number of amides is 2. The Morgan fingerprint density at radius 3 is 2.50 bits per heavy atom. The lowest BCUT2D eigenvalue weighted by molar-refractivity contribution is -0.137. The molecule has 2 fully saturated rings. The molecular formula is C28H38F3N7O2. The third-order valence-electron chi connectivity index (χ3n) is 7.54. The highest BCUT2D eigenvalue weighted by atomic mass is 19.4. The quantitative estimate of drug-likeness (QED) is 0.337. The van der Waals surface area contributed by atoms with Crippen molar-refractivity contribution in [3.05, 3.63) is 41.6 Å². The van der Waals surface area contributed by atoms with Crippen LogP contribution in [-0.2, 0) is 11.0 Å². The van der Waals surface area contributed by atoms with E-state index in [4.69, 9.17) is 0 Å². The van der Waals surface area contributed by atoms with Crippen LogP contribution in [0.4, 0.5) is 30.6 Å². The Labute approximate surface area is 232 Å². The third kappa shape index (κ3) is 7.61. The Hall–Kier alpha value is -3.41. The zero-order valence-corrected chi connectivity index (χ0v) is 23.1. The molecule has 3 unspecified atom stereocenters. The Bertz CT molecular complexity index is 1170. The normalized spacial score (nSPS) is 21.4. The van der Waals surface area contributed by atoms with E-state index in [0.717, 1.165) is 32.0 Å². The van der Waals surface area contributed by atoms with E-state index in [1.165, 1.54) is 6.42 Å². The predicted molar refractivity (Wildman–Crippen MR) is 147 cm³/mol. The smallest absolute Gasteiger partial charge is 0.366 e. The summed E-state index contributed by atoms with van der Waals surface area (Å²) in [5, 5.41) is 11.6. The van der Waals surface area contributed by atoms with Crippen molar-refractivity contribution in [3.63, 3.8) is 0 Å². The maximum Gasteiger partial charge on any atom is 0.421 e. The first-order valence-electron chi connectivity index (χ1n) is 13.9. The lowest BCUT2D eigenvalue weighted by Crippen LogP contribution is -2.41. The largest absolute Gasteiger partial charge is 0.421 e. The number of carbonyl (C=O) groups excluding carboxylic acids is 2. The fourth-order valence-corrected chi connectivity index (χ4v) is 5.41. The van der Waals surface area contributed by atoms with E-state index in [1.54, 1.807) is 24.3 Å². The van der Waals surface area contributed by atoms with Gasteiger partial charge in [0.15, 0.2) is 0 Å². The van der Waals surface area contributed by atoms with Gasteiger partial charge >= 0.3 is 6.18 Å². The van der Waals surface area contributed by atoms with Crippen molar-refractivity contribution >= 4 is 29.3 Å². The Morgan fingerprint density at radius 2 is 1.85 bits per heavy atom. The highest BCUT2D eigenvalue weighted by Crippen LogP contribution is 2.36. The number of nitrogens with one attached hydrogen (secondary N) is 4. The molecule has 218 valence electrons. The average Bonchev–Trinajstić information content (AvgIpc) is 3.52. The number of benzene rings is 1. The van der Waals surface area contributed by atoms with Crippen molar-refractivity contribution in [2.24, 2.45) is 5.92 Å². The van der Waals surface area contributed by atoms with E-state index in [0.29, 0.717) is 36.7 Å². The fraction of sp³-hybridized carbons (Fsp3) is 0.571. The number of anilines is 3. The van der Waals surface area contributed by atoms with Crippen molar-refractivity contribution in [3.8, 4) is 0 Å². The van der Waals surface area contributed by atoms with Crippen LogP contribution in [-0.4, -0.2) is 64.9 Å². The number of likely N-dealkylation sites (tertiary alicyclic amines) is 1. The van der Waals surface area contributed by atoms with E-state index < -0.39 is 23.7 Å². The molecule has 2 heterocycles. The van der Waals surface area contributed by atoms with Gasteiger partial charge in [0.1, 0.15) is 11.4 Å². The molecule has 0 spiro atoms. The van der Waals surface area contributed by atoms with Crippen LogP contribution < -0.4 is 21.3 Å². The van der Waals surface area contributed by atoms with Crippen molar-refractivity contribution in [2.75, 3.05) is 30.8 Å². The average molecular weight is 562 g/mol. The molecular weight excluding hydrogens is 523 g/mol. The second-order valence-corrected chi connectivity index (χ2v) is 10.9. The second-order valence-electron chi connectivity index (χ2n) is 10.9. The molecule has 1 saturated carbocycles. The van der Waals surface area contributed by atoms with Crippen LogP contribution in [0.5, 0.6) is 0 Å². The molecule has 1 aliphatic heterocycles. The molecule has 1 saturated heterocycles. The van der Waals surface area contributed by atoms with Crippen molar-refractivity contribution in [2.45, 2.75) is 76.7 Å². The van der Waals surface area contributed by atoms with E-state index in [9.17, 15) is 22.8 Å². The molecule has 40 heavy (non-hydrogen) atoms. The van der Waals surface area contributed by atoms with Gasteiger partial charge in [0.25, 0.3) is 5.91 Å². The van der Waals surface area contributed by atoms with E-state index >= 15 is 0 Å². The number of halogens is 3. The molecule has 3 atom stereocenters. The fourth-order valence-electron chi connectivity index (χ4n) is 5.41. The molecule has 12 heteroatoms. The van der Waals surface area contributed by atoms with Crippen LogP contribution in [0.2, 0.25) is 0 Å². The Morgan fingerprint density at radius 1 is 1.10 bits per heavy atom. The van der Waals surface area contributed by atoms with Crippen LogP contribution in [0.15, 0.2) is 30.5 Å². The lowest BCUT2D eigenvalue weighted by Gasteiger charge is -2.24. The molecule has 0 bridgehead atoms. The van der Waals surface area contributed by atoms with Gasteiger partial charge in [0.05, 0.1) is 5.92 Å². The van der Waals surface area contributed by atoms with Gasteiger partial charge in [0, 0.05) is 42.1 Å². The summed E-state index contributed by atoms with van der Waals surface area (Å²) >= 11 is 0. The minimum absolute atomic E-state index is 0.0328. The predicted octanol–water partition coefficient (Wildman–Crippen LogP) is 4.56. The Kier molecular flexibility index (Phi) is 9.49. The molecule has 0 radical (unpaired) electrons. The topological polar surface area (TPSA) is 111 Å². The number of alkyl halides is 3. The summed E-state index contributed by atoms with van der Waals surface area (Å²) in [5.74, 6) is -1.22. The number of carbonyl (C=O) groups is 2. The van der Waals surface area contributed by atoms with Crippen molar-refractivity contribution < 1.29 is 22.8 Å². The first-order valence-corrected chi connectivity index (χ1v) is 13.9. The van der Waals surface area contributed by atoms with Gasteiger partial charge in [-0.05, 0) is 83.8 Å². The second kappa shape index (κ2) is 12.8. The van der Waals surface area contributed by atoms with Crippen LogP contribution >= 0.6 is 0 Å². The first-order chi connectivity index (χ1) is 19.0. The molecule has 1 aliphatic carbocycles. The standard InChI is InChI=1S/C28H38F3N7O2/c1-17(2)34-26(40)21-7-4-8-23(21)36-24-22(28(29,30)31)16-33-27(37-24)35-19-11-9-18(10-12-19)25(39)32-14-13-20-6-5-15-38(20)3/h9-12,16-17,20-21,23H,4-8,13-15H2,1-3H3,(H,32,39)(H,34,40)(H2,33,35,36,37). The molecule has 2 amide bonds. The summed E-state index contributed by atoms with van der Waals surface area (Å²) in [6, 6.07) is 6.53. The molecule has 4 rings (SSSR count). The number of aromatic nitrogens is 2. The lowest BCUT2D eigenvalue weighted by atomic mass is 10.0. The van der Waals surface area contributed by atoms with Crippen LogP contribution in [0, 0.1) is 5.92 Å². The summed E-state index contributed by atoms with van der Waals surface area (Å²) in [6.07, 6.45) is 1.16. The van der Waals surface area contributed by atoms with Gasteiger partial charge < -0.3 is 26.2 Å². The minimum Gasteiger partial charge on any atom is -0.366 e. The highest BCUT2D eigenvalue weighted by molar-refractivity contribution is 5.94. The van der Waals surface area contributed by atoms with Gasteiger partial charge in [-0.2, -0.15) is 18.2 Å². The summed E-state index contributed by atoms with van der Waals surface area (Å²) in [4.78, 5) is 35.4. The number of nitrogens with zero attached hydrogens (tertiary/aromatic N) is 3. The SMILES string of the molecule is CC(C)NC(=O)C1CCCC1Nc1nc(Nc2ccc(C(=O)NCCC3CCCN3C)cc2)ncc1C(F)(F)F. The van der Waals surface area contributed by atoms with Crippen LogP contribution in [0.3, 0.4) is 0 Å². The summed E-state index contributed by atoms with van der Waals surface area (Å²) in [5.41, 5.74) is 0.00152. The van der Waals surface area contributed by atoms with Gasteiger partial charge in [-0.25, -0.2) is 4.98 Å². The summed E-state index contributed by atoms with van der Waals surface area (Å²) in [6.45, 7) is 5.36. The van der Waals surface area contributed by atoms with Crippen LogP contribution in [0.25, 0.3) is 0 Å². The maximum atomic E-state index is 13.8. The molecule has 2 aliphatic rings. The van der Waals surface area contributed by atoms with E-state index in [-0.39, 0.29) is 29.6 Å². The van der Waals surface area contributed by atoms with Crippen molar-refractivity contribution in [1.29, 1.82) is 0 Å². The maximum absolute atomic E-state index is 13.8. The van der Waals surface area contributed by atoms with Gasteiger partial charge in [-0.3, -0.25) is 9.59 Å². The number of hydrogen-bond acceptors (Lipinski definition) is 7. The minimum atomic E-state index is -4.67.